The number of ether oxygens (including phenoxy) is 6. The predicted molar refractivity (Wildman–Crippen MR) is 128 cm³/mol. The van der Waals surface area contributed by atoms with Crippen LogP contribution in [0.4, 0.5) is 4.79 Å². The second-order valence-electron chi connectivity index (χ2n) is 8.96. The molecule has 2 N–H and O–H groups in total. The Morgan fingerprint density at radius 1 is 0.917 bits per heavy atom. The Labute approximate surface area is 209 Å². The second-order valence-corrected chi connectivity index (χ2v) is 10.7. The molecule has 1 fully saturated rings. The summed E-state index contributed by atoms with van der Waals surface area (Å²) in [7, 11) is 0.945. The van der Waals surface area contributed by atoms with Gasteiger partial charge in [-0.25, -0.2) is 17.9 Å². The van der Waals surface area contributed by atoms with Crippen LogP contribution in [0.2, 0.25) is 0 Å². The van der Waals surface area contributed by atoms with Gasteiger partial charge in [-0.2, -0.15) is 0 Å². The van der Waals surface area contributed by atoms with Crippen LogP contribution in [0.5, 0.6) is 28.7 Å². The Bertz CT molecular complexity index is 1270. The molecule has 3 aliphatic rings. The number of hydrogen-bond donors (Lipinski definition) is 2. The molecule has 11 nitrogen and oxygen atoms in total. The Morgan fingerprint density at radius 2 is 1.53 bits per heavy atom. The molecule has 5 rings (SSSR count). The van der Waals surface area contributed by atoms with E-state index in [1.165, 1.54) is 0 Å². The minimum Gasteiger partial charge on any atom is -0.493 e. The van der Waals surface area contributed by atoms with Crippen molar-refractivity contribution in [2.75, 3.05) is 47.6 Å². The van der Waals surface area contributed by atoms with E-state index in [2.05, 4.69) is 5.32 Å². The third-order valence-corrected chi connectivity index (χ3v) is 7.44. The number of methoxy groups -OCH3 is 3. The molecule has 0 spiro atoms. The van der Waals surface area contributed by atoms with E-state index in [0.29, 0.717) is 42.0 Å². The van der Waals surface area contributed by atoms with E-state index < -0.39 is 22.1 Å². The van der Waals surface area contributed by atoms with Gasteiger partial charge >= 0.3 is 6.03 Å². The Morgan fingerprint density at radius 3 is 2.11 bits per heavy atom. The summed E-state index contributed by atoms with van der Waals surface area (Å²) in [5.41, 5.74) is 2.63. The molecule has 1 saturated heterocycles. The smallest absolute Gasteiger partial charge is 0.328 e. The van der Waals surface area contributed by atoms with E-state index in [1.54, 1.807) is 21.3 Å². The summed E-state index contributed by atoms with van der Waals surface area (Å²) >= 11 is 0. The Kier molecular flexibility index (Phi) is 6.25. The highest BCUT2D eigenvalue weighted by atomic mass is 32.2. The third-order valence-electron chi connectivity index (χ3n) is 6.89. The Hall–Kier alpha value is -3.38. The molecular formula is C24H28N2O9S. The monoisotopic (exact) mass is 520 g/mol. The van der Waals surface area contributed by atoms with Gasteiger partial charge in [0.25, 0.3) is 0 Å². The van der Waals surface area contributed by atoms with Crippen LogP contribution in [0.25, 0.3) is 0 Å². The molecule has 2 heterocycles. The minimum atomic E-state index is -3.74. The van der Waals surface area contributed by atoms with Crippen molar-refractivity contribution in [1.82, 2.24) is 10.0 Å². The van der Waals surface area contributed by atoms with Gasteiger partial charge in [0.2, 0.25) is 22.6 Å². The van der Waals surface area contributed by atoms with Crippen molar-refractivity contribution >= 4 is 16.1 Å². The van der Waals surface area contributed by atoms with E-state index >= 15 is 0 Å². The molecule has 2 aliphatic heterocycles. The highest BCUT2D eigenvalue weighted by Gasteiger charge is 2.48. The lowest BCUT2D eigenvalue weighted by Crippen LogP contribution is -2.46. The molecule has 0 bridgehead atoms. The minimum absolute atomic E-state index is 0.0378. The molecular weight excluding hydrogens is 492 g/mol. The fourth-order valence-electron chi connectivity index (χ4n) is 5.48. The zero-order chi connectivity index (χ0) is 25.6. The van der Waals surface area contributed by atoms with Crippen molar-refractivity contribution in [3.63, 3.8) is 0 Å². The number of fused-ring (bicyclic) bond motifs is 3. The molecule has 0 radical (unpaired) electrons. The van der Waals surface area contributed by atoms with Gasteiger partial charge in [0, 0.05) is 17.8 Å². The summed E-state index contributed by atoms with van der Waals surface area (Å²) in [5.74, 6) is 2.37. The first-order valence-corrected chi connectivity index (χ1v) is 13.2. The first kappa shape index (κ1) is 24.3. The van der Waals surface area contributed by atoms with Gasteiger partial charge in [-0.1, -0.05) is 0 Å². The van der Waals surface area contributed by atoms with Crippen molar-refractivity contribution < 1.29 is 41.6 Å². The van der Waals surface area contributed by atoms with Crippen LogP contribution < -0.4 is 33.7 Å². The lowest BCUT2D eigenvalue weighted by atomic mass is 9.65. The fraction of sp³-hybridized carbons (Fsp3) is 0.458. The van der Waals surface area contributed by atoms with Crippen molar-refractivity contribution in [3.8, 4) is 28.7 Å². The average molecular weight is 521 g/mol. The molecule has 0 aromatic heterocycles. The molecule has 12 heteroatoms. The number of carbonyl (C=O) groups is 1. The lowest BCUT2D eigenvalue weighted by molar-refractivity contribution is 0.173. The molecule has 36 heavy (non-hydrogen) atoms. The molecule has 0 unspecified atom stereocenters. The largest absolute Gasteiger partial charge is 0.493 e. The zero-order valence-electron chi connectivity index (χ0n) is 20.3. The number of nitrogens with one attached hydrogen (secondary N) is 2. The predicted octanol–water partition coefficient (Wildman–Crippen LogP) is 2.15. The van der Waals surface area contributed by atoms with Crippen LogP contribution in [0.15, 0.2) is 24.3 Å². The number of sulfonamides is 1. The van der Waals surface area contributed by atoms with Gasteiger partial charge in [-0.3, -0.25) is 0 Å². The van der Waals surface area contributed by atoms with Crippen LogP contribution in [-0.2, 0) is 14.8 Å². The first-order valence-electron chi connectivity index (χ1n) is 11.3. The number of rotatable bonds is 6. The zero-order valence-corrected chi connectivity index (χ0v) is 21.1. The van der Waals surface area contributed by atoms with Crippen molar-refractivity contribution in [1.29, 1.82) is 0 Å². The van der Waals surface area contributed by atoms with Gasteiger partial charge < -0.3 is 33.7 Å². The molecule has 1 aliphatic carbocycles. The topological polar surface area (TPSA) is 131 Å². The van der Waals surface area contributed by atoms with Crippen LogP contribution in [0.1, 0.15) is 28.7 Å². The van der Waals surface area contributed by atoms with E-state index in [9.17, 15) is 13.2 Å². The average Bonchev–Trinajstić information content (AvgIpc) is 3.50. The highest BCUT2D eigenvalue weighted by molar-refractivity contribution is 7.89. The number of carbonyl (C=O) groups excluding carboxylic acids is 1. The van der Waals surface area contributed by atoms with Gasteiger partial charge in [0.05, 0.1) is 46.8 Å². The summed E-state index contributed by atoms with van der Waals surface area (Å²) in [4.78, 5) is 12.6. The van der Waals surface area contributed by atoms with Gasteiger partial charge in [0.15, 0.2) is 23.0 Å². The highest BCUT2D eigenvalue weighted by Crippen LogP contribution is 2.55. The first-order chi connectivity index (χ1) is 17.2. The summed E-state index contributed by atoms with van der Waals surface area (Å²) < 4.78 is 59.2. The van der Waals surface area contributed by atoms with Crippen LogP contribution >= 0.6 is 0 Å². The van der Waals surface area contributed by atoms with E-state index in [4.69, 9.17) is 28.4 Å². The molecule has 194 valence electrons. The summed E-state index contributed by atoms with van der Waals surface area (Å²) in [6.45, 7) is 0.935. The van der Waals surface area contributed by atoms with Gasteiger partial charge in [0.1, 0.15) is 0 Å². The standard InChI is InChI=1S/C24H28N2O9S/c1-30-19-5-12(6-20(31-2)23(19)32-3)21-13-7-17-18(35-11-34-17)8-14(13)22(16-10-33-9-15(16)21)25-24(27)26-36(4,28)29/h5-8,15-16,21-22H,9-11H2,1-4H3,(H2,25,26,27)/t15-,16-,21+,22+/m0/s1. The second kappa shape index (κ2) is 9.25. The normalized spacial score (nSPS) is 23.9. The maximum atomic E-state index is 12.6. The van der Waals surface area contributed by atoms with Crippen LogP contribution in [0.3, 0.4) is 0 Å². The third kappa shape index (κ3) is 4.24. The van der Waals surface area contributed by atoms with Gasteiger partial charge in [-0.15, -0.1) is 0 Å². The van der Waals surface area contributed by atoms with E-state index in [-0.39, 0.29) is 24.5 Å². The van der Waals surface area contributed by atoms with Gasteiger partial charge in [-0.05, 0) is 41.0 Å². The maximum absolute atomic E-state index is 12.6. The molecule has 2 aromatic rings. The number of benzene rings is 2. The van der Waals surface area contributed by atoms with Crippen molar-refractivity contribution in [2.24, 2.45) is 11.8 Å². The lowest BCUT2D eigenvalue weighted by Gasteiger charge is -2.41. The van der Waals surface area contributed by atoms with Crippen LogP contribution in [-0.4, -0.2) is 62.0 Å². The molecule has 2 amide bonds. The van der Waals surface area contributed by atoms with E-state index in [0.717, 1.165) is 22.9 Å². The summed E-state index contributed by atoms with van der Waals surface area (Å²) in [5, 5.41) is 2.85. The van der Waals surface area contributed by atoms with E-state index in [1.807, 2.05) is 29.0 Å². The quantitative estimate of drug-likeness (QED) is 0.588. The van der Waals surface area contributed by atoms with Crippen LogP contribution in [0, 0.1) is 11.8 Å². The molecule has 0 saturated carbocycles. The fourth-order valence-corrected chi connectivity index (χ4v) is 5.87. The summed E-state index contributed by atoms with van der Waals surface area (Å²) in [6, 6.07) is 6.29. The number of hydrogen-bond acceptors (Lipinski definition) is 9. The summed E-state index contributed by atoms with van der Waals surface area (Å²) in [6.07, 6.45) is 0.932. The number of urea groups is 1. The van der Waals surface area contributed by atoms with Crippen molar-refractivity contribution in [2.45, 2.75) is 12.0 Å². The SMILES string of the molecule is COc1cc([C@@H]2c3cc4c(cc3[C@@H](NC(=O)NS(C)(=O)=O)[C@H]3COC[C@H]23)OCO4)cc(OC)c1OC. The number of amides is 2. The van der Waals surface area contributed by atoms with Crippen molar-refractivity contribution in [3.05, 3.63) is 41.0 Å². The Balaban J connectivity index is 1.66. The molecule has 2 aromatic carbocycles. The maximum Gasteiger partial charge on any atom is 0.328 e. The molecule has 4 atom stereocenters.